The van der Waals surface area contributed by atoms with E-state index in [1.165, 1.54) is 0 Å². The number of nitrogens with one attached hydrogen (secondary N) is 1. The number of nitrogens with zero attached hydrogens (tertiary/aromatic N) is 1. The smallest absolute Gasteiger partial charge is 0.0897 e. The highest BCUT2D eigenvalue weighted by molar-refractivity contribution is 9.10. The molecule has 1 N–H and O–H groups in total. The number of halogens is 1. The number of benzene rings is 1. The van der Waals surface area contributed by atoms with Gasteiger partial charge in [0.1, 0.15) is 0 Å². The van der Waals surface area contributed by atoms with Gasteiger partial charge in [-0.1, -0.05) is 30.3 Å². The molecule has 0 fully saturated rings. The minimum absolute atomic E-state index is 0.980. The first-order chi connectivity index (χ1) is 7.84. The Balaban J connectivity index is 2.25. The number of aromatic amines is 1. The molecule has 0 amide bonds. The second kappa shape index (κ2) is 3.76. The fourth-order valence-electron chi connectivity index (χ4n) is 1.76. The van der Waals surface area contributed by atoms with Crippen molar-refractivity contribution >= 4 is 27.0 Å². The van der Waals surface area contributed by atoms with Crippen LogP contribution in [0.2, 0.25) is 0 Å². The summed E-state index contributed by atoms with van der Waals surface area (Å²) in [6.45, 7) is 0. The van der Waals surface area contributed by atoms with E-state index in [9.17, 15) is 0 Å². The second-order valence-corrected chi connectivity index (χ2v) is 4.45. The molecule has 0 saturated heterocycles. The third kappa shape index (κ3) is 1.53. The van der Waals surface area contributed by atoms with Gasteiger partial charge in [0.2, 0.25) is 0 Å². The molecule has 0 unspecified atom stereocenters. The Kier molecular flexibility index (Phi) is 2.26. The number of rotatable bonds is 1. The number of H-pyrrole nitrogens is 1. The predicted octanol–water partition coefficient (Wildman–Crippen LogP) is 3.99. The first-order valence-corrected chi connectivity index (χ1v) is 5.83. The zero-order valence-electron chi connectivity index (χ0n) is 8.44. The minimum atomic E-state index is 0.980. The van der Waals surface area contributed by atoms with Crippen LogP contribution >= 0.6 is 15.9 Å². The van der Waals surface area contributed by atoms with Gasteiger partial charge in [0.25, 0.3) is 0 Å². The van der Waals surface area contributed by atoms with Crippen molar-refractivity contribution in [1.82, 2.24) is 9.97 Å². The molecule has 0 aliphatic rings. The molecule has 3 aromatic rings. The highest BCUT2D eigenvalue weighted by Gasteiger charge is 2.05. The molecule has 0 aliphatic heterocycles. The van der Waals surface area contributed by atoms with Crippen LogP contribution in [0, 0.1) is 0 Å². The molecule has 0 saturated carbocycles. The van der Waals surface area contributed by atoms with E-state index in [1.807, 2.05) is 36.5 Å². The average Bonchev–Trinajstić information content (AvgIpc) is 2.79. The molecule has 0 radical (unpaired) electrons. The number of hydrogen-bond donors (Lipinski definition) is 1. The van der Waals surface area contributed by atoms with E-state index >= 15 is 0 Å². The van der Waals surface area contributed by atoms with Crippen LogP contribution in [0.15, 0.2) is 53.1 Å². The fraction of sp³-hybridized carbons (Fsp3) is 0. The van der Waals surface area contributed by atoms with E-state index in [1.54, 1.807) is 0 Å². The molecule has 0 bridgehead atoms. The van der Waals surface area contributed by atoms with Crippen LogP contribution in [0.5, 0.6) is 0 Å². The topological polar surface area (TPSA) is 28.7 Å². The summed E-state index contributed by atoms with van der Waals surface area (Å²) in [5, 5.41) is 0. The van der Waals surface area contributed by atoms with Crippen molar-refractivity contribution in [1.29, 1.82) is 0 Å². The van der Waals surface area contributed by atoms with Crippen LogP contribution in [0.1, 0.15) is 0 Å². The number of pyridine rings is 1. The van der Waals surface area contributed by atoms with Gasteiger partial charge < -0.3 is 4.98 Å². The van der Waals surface area contributed by atoms with Crippen molar-refractivity contribution in [3.63, 3.8) is 0 Å². The molecule has 16 heavy (non-hydrogen) atoms. The zero-order valence-corrected chi connectivity index (χ0v) is 10.0. The molecule has 0 spiro atoms. The van der Waals surface area contributed by atoms with Gasteiger partial charge in [0.15, 0.2) is 0 Å². The fourth-order valence-corrected chi connectivity index (χ4v) is 2.29. The maximum atomic E-state index is 4.61. The van der Waals surface area contributed by atoms with Crippen LogP contribution in [-0.4, -0.2) is 9.97 Å². The van der Waals surface area contributed by atoms with Gasteiger partial charge in [0.05, 0.1) is 16.7 Å². The molecule has 3 heteroatoms. The summed E-state index contributed by atoms with van der Waals surface area (Å²) >= 11 is 3.55. The Morgan fingerprint density at radius 3 is 2.69 bits per heavy atom. The first kappa shape index (κ1) is 9.60. The van der Waals surface area contributed by atoms with Crippen LogP contribution in [0.25, 0.3) is 22.3 Å². The lowest BCUT2D eigenvalue weighted by atomic mass is 10.1. The van der Waals surface area contributed by atoms with Crippen molar-refractivity contribution in [2.45, 2.75) is 0 Å². The lowest BCUT2D eigenvalue weighted by molar-refractivity contribution is 1.38. The summed E-state index contributed by atoms with van der Waals surface area (Å²) in [5.41, 5.74) is 4.14. The lowest BCUT2D eigenvalue weighted by Crippen LogP contribution is -1.84. The molecule has 0 atom stereocenters. The molecule has 1 aromatic carbocycles. The Labute approximate surface area is 101 Å². The summed E-state index contributed by atoms with van der Waals surface area (Å²) in [7, 11) is 0. The summed E-state index contributed by atoms with van der Waals surface area (Å²) in [5.74, 6) is 0. The van der Waals surface area contributed by atoms with Crippen molar-refractivity contribution < 1.29 is 0 Å². The standard InChI is InChI=1S/C13H9BrN2/c14-10-8-12(9-4-2-1-3-5-9)16-11-6-7-15-13(10)11/h1-8,15H. The third-order valence-corrected chi connectivity index (χ3v) is 3.16. The van der Waals surface area contributed by atoms with E-state index in [0.29, 0.717) is 0 Å². The SMILES string of the molecule is Brc1cc(-c2ccccc2)nc2cc[nH]c12. The van der Waals surface area contributed by atoms with Crippen molar-refractivity contribution in [2.75, 3.05) is 0 Å². The lowest BCUT2D eigenvalue weighted by Gasteiger charge is -2.02. The van der Waals surface area contributed by atoms with Gasteiger partial charge in [-0.25, -0.2) is 4.98 Å². The van der Waals surface area contributed by atoms with Crippen LogP contribution in [0.4, 0.5) is 0 Å². The van der Waals surface area contributed by atoms with Crippen molar-refractivity contribution in [2.24, 2.45) is 0 Å². The summed E-state index contributed by atoms with van der Waals surface area (Å²) in [6.07, 6.45) is 1.90. The Morgan fingerprint density at radius 1 is 1.06 bits per heavy atom. The van der Waals surface area contributed by atoms with E-state index < -0.39 is 0 Å². The predicted molar refractivity (Wildman–Crippen MR) is 69.2 cm³/mol. The quantitative estimate of drug-likeness (QED) is 0.713. The molecule has 78 valence electrons. The molecule has 2 heterocycles. The van der Waals surface area contributed by atoms with Gasteiger partial charge in [-0.15, -0.1) is 0 Å². The maximum absolute atomic E-state index is 4.61. The van der Waals surface area contributed by atoms with Crippen LogP contribution in [-0.2, 0) is 0 Å². The first-order valence-electron chi connectivity index (χ1n) is 5.03. The highest BCUT2D eigenvalue weighted by Crippen LogP contribution is 2.27. The number of hydrogen-bond acceptors (Lipinski definition) is 1. The Bertz CT molecular complexity index is 629. The second-order valence-electron chi connectivity index (χ2n) is 3.59. The number of aromatic nitrogens is 2. The van der Waals surface area contributed by atoms with Gasteiger partial charge in [-0.05, 0) is 28.1 Å². The summed E-state index contributed by atoms with van der Waals surface area (Å²) < 4.78 is 1.04. The molecule has 2 nitrogen and oxygen atoms in total. The van der Waals surface area contributed by atoms with Gasteiger partial charge >= 0.3 is 0 Å². The molecule has 3 rings (SSSR count). The molecular weight excluding hydrogens is 264 g/mol. The largest absolute Gasteiger partial charge is 0.359 e. The zero-order chi connectivity index (χ0) is 11.0. The third-order valence-electron chi connectivity index (χ3n) is 2.54. The molecule has 2 aromatic heterocycles. The van der Waals surface area contributed by atoms with Gasteiger partial charge in [-0.3, -0.25) is 0 Å². The van der Waals surface area contributed by atoms with Gasteiger partial charge in [0, 0.05) is 16.2 Å². The normalized spacial score (nSPS) is 10.8. The summed E-state index contributed by atoms with van der Waals surface area (Å²) in [6, 6.07) is 14.2. The minimum Gasteiger partial charge on any atom is -0.359 e. The van der Waals surface area contributed by atoms with E-state index in [2.05, 4.69) is 38.0 Å². The van der Waals surface area contributed by atoms with Gasteiger partial charge in [-0.2, -0.15) is 0 Å². The monoisotopic (exact) mass is 272 g/mol. The maximum Gasteiger partial charge on any atom is 0.0897 e. The van der Waals surface area contributed by atoms with Crippen LogP contribution < -0.4 is 0 Å². The molecule has 0 aliphatic carbocycles. The van der Waals surface area contributed by atoms with E-state index in [4.69, 9.17) is 0 Å². The number of fused-ring (bicyclic) bond motifs is 1. The van der Waals surface area contributed by atoms with Crippen LogP contribution in [0.3, 0.4) is 0 Å². The summed E-state index contributed by atoms with van der Waals surface area (Å²) in [4.78, 5) is 7.76. The van der Waals surface area contributed by atoms with E-state index in [-0.39, 0.29) is 0 Å². The Morgan fingerprint density at radius 2 is 1.88 bits per heavy atom. The molecular formula is C13H9BrN2. The Hall–Kier alpha value is -1.61. The van der Waals surface area contributed by atoms with Crippen molar-refractivity contribution in [3.05, 3.63) is 53.1 Å². The average molecular weight is 273 g/mol. The van der Waals surface area contributed by atoms with E-state index in [0.717, 1.165) is 26.8 Å². The van der Waals surface area contributed by atoms with Crippen molar-refractivity contribution in [3.8, 4) is 11.3 Å². The highest BCUT2D eigenvalue weighted by atomic mass is 79.9.